The van der Waals surface area contributed by atoms with Gasteiger partial charge in [-0.05, 0) is 50.7 Å². The van der Waals surface area contributed by atoms with E-state index in [4.69, 9.17) is 5.10 Å². The highest BCUT2D eigenvalue weighted by Gasteiger charge is 2.34. The summed E-state index contributed by atoms with van der Waals surface area (Å²) in [4.78, 5) is 23.1. The topological polar surface area (TPSA) is 65.8 Å². The Kier molecular flexibility index (Phi) is 5.80. The summed E-state index contributed by atoms with van der Waals surface area (Å²) in [6.45, 7) is 4.83. The fraction of sp³-hybridized carbons (Fsp3) is 0.522. The molecule has 164 valence electrons. The lowest BCUT2D eigenvalue weighted by atomic mass is 9.86. The fourth-order valence-corrected chi connectivity index (χ4v) is 5.98. The zero-order chi connectivity index (χ0) is 21.2. The molecule has 0 unspecified atom stereocenters. The molecule has 1 atom stereocenters. The molecule has 2 fully saturated rings. The van der Waals surface area contributed by atoms with Crippen molar-refractivity contribution in [2.45, 2.75) is 51.5 Å². The van der Waals surface area contributed by atoms with Crippen molar-refractivity contribution in [3.05, 3.63) is 42.2 Å². The number of nitrogens with zero attached hydrogens (tertiary/aromatic N) is 5. The van der Waals surface area contributed by atoms with E-state index in [0.29, 0.717) is 12.0 Å². The third-order valence-corrected chi connectivity index (χ3v) is 7.58. The van der Waals surface area contributed by atoms with Crippen molar-refractivity contribution in [2.75, 3.05) is 29.9 Å². The highest BCUT2D eigenvalue weighted by Crippen LogP contribution is 2.33. The Morgan fingerprint density at radius 3 is 2.65 bits per heavy atom. The van der Waals surface area contributed by atoms with E-state index in [-0.39, 0.29) is 6.03 Å². The van der Waals surface area contributed by atoms with Crippen molar-refractivity contribution in [3.63, 3.8) is 0 Å². The van der Waals surface area contributed by atoms with Crippen LogP contribution in [0.15, 0.2) is 36.5 Å². The van der Waals surface area contributed by atoms with Crippen LogP contribution in [0, 0.1) is 12.8 Å². The zero-order valence-corrected chi connectivity index (χ0v) is 18.9. The largest absolute Gasteiger partial charge is 0.347 e. The lowest BCUT2D eigenvalue weighted by Gasteiger charge is -2.40. The van der Waals surface area contributed by atoms with Crippen LogP contribution in [0.25, 0.3) is 4.96 Å². The van der Waals surface area contributed by atoms with E-state index in [2.05, 4.69) is 20.1 Å². The molecule has 0 spiro atoms. The van der Waals surface area contributed by atoms with E-state index in [0.717, 1.165) is 66.8 Å². The van der Waals surface area contributed by atoms with Gasteiger partial charge in [0.05, 0.1) is 11.9 Å². The number of fused-ring (bicyclic) bond motifs is 1. The smallest absolute Gasteiger partial charge is 0.322 e. The van der Waals surface area contributed by atoms with Gasteiger partial charge in [0.2, 0.25) is 10.1 Å². The van der Waals surface area contributed by atoms with Crippen LogP contribution < -0.4 is 10.2 Å². The number of hydrogen-bond acceptors (Lipinski definition) is 5. The first-order valence-corrected chi connectivity index (χ1v) is 12.2. The van der Waals surface area contributed by atoms with Gasteiger partial charge in [-0.2, -0.15) is 0 Å². The lowest BCUT2D eigenvalue weighted by Crippen LogP contribution is -2.49. The van der Waals surface area contributed by atoms with E-state index >= 15 is 0 Å². The standard InChI is InChI=1S/C23H30N6OS/c1-17-16-29-22(24-17)31-23(26-29)27-14-11-18(12-15-27)20-10-6-3-7-13-28(20)21(30)25-19-8-4-2-5-9-19/h2,4-5,8-9,16,18,20H,3,6-7,10-15H2,1H3,(H,25,30)/t20-/m1/s1. The Bertz CT molecular complexity index is 992. The average molecular weight is 439 g/mol. The monoisotopic (exact) mass is 438 g/mol. The molecule has 3 aromatic rings. The number of nitrogens with one attached hydrogen (secondary N) is 1. The van der Waals surface area contributed by atoms with Crippen LogP contribution in [0.4, 0.5) is 15.6 Å². The molecule has 2 amide bonds. The van der Waals surface area contributed by atoms with Gasteiger partial charge >= 0.3 is 6.03 Å². The van der Waals surface area contributed by atoms with Gasteiger partial charge in [0.15, 0.2) is 0 Å². The number of urea groups is 1. The molecule has 4 heterocycles. The first-order chi connectivity index (χ1) is 15.2. The van der Waals surface area contributed by atoms with E-state index in [1.54, 1.807) is 11.3 Å². The SMILES string of the molecule is Cc1cn2nc(N3CCC([C@H]4CCCCCN4C(=O)Nc4ccccc4)CC3)sc2n1. The third kappa shape index (κ3) is 4.39. The van der Waals surface area contributed by atoms with Crippen molar-refractivity contribution >= 4 is 33.1 Å². The lowest BCUT2D eigenvalue weighted by molar-refractivity contribution is 0.146. The van der Waals surface area contributed by atoms with E-state index in [1.807, 2.05) is 48.0 Å². The maximum atomic E-state index is 13.1. The number of hydrogen-bond donors (Lipinski definition) is 1. The quantitative estimate of drug-likeness (QED) is 0.638. The molecule has 2 aromatic heterocycles. The van der Waals surface area contributed by atoms with Gasteiger partial charge in [-0.15, -0.1) is 5.10 Å². The predicted octanol–water partition coefficient (Wildman–Crippen LogP) is 4.79. The summed E-state index contributed by atoms with van der Waals surface area (Å²) in [5.41, 5.74) is 1.88. The molecule has 5 rings (SSSR count). The summed E-state index contributed by atoms with van der Waals surface area (Å²) in [6, 6.07) is 10.2. The van der Waals surface area contributed by atoms with Crippen LogP contribution >= 0.6 is 11.3 Å². The second kappa shape index (κ2) is 8.86. The highest BCUT2D eigenvalue weighted by molar-refractivity contribution is 7.20. The zero-order valence-electron chi connectivity index (χ0n) is 18.0. The van der Waals surface area contributed by atoms with Crippen molar-refractivity contribution in [3.8, 4) is 0 Å². The molecule has 1 aromatic carbocycles. The van der Waals surface area contributed by atoms with Gasteiger partial charge in [0.25, 0.3) is 0 Å². The van der Waals surface area contributed by atoms with Crippen LogP contribution in [-0.4, -0.2) is 51.2 Å². The highest BCUT2D eigenvalue weighted by atomic mass is 32.1. The van der Waals surface area contributed by atoms with Crippen LogP contribution in [-0.2, 0) is 0 Å². The summed E-state index contributed by atoms with van der Waals surface area (Å²) in [6.07, 6.45) is 8.80. The molecule has 1 N–H and O–H groups in total. The molecule has 2 aliphatic heterocycles. The number of benzene rings is 1. The minimum absolute atomic E-state index is 0.0528. The van der Waals surface area contributed by atoms with Gasteiger partial charge in [-0.1, -0.05) is 42.4 Å². The molecule has 2 aliphatic rings. The number of anilines is 2. The molecule has 7 nitrogen and oxygen atoms in total. The number of carbonyl (C=O) groups excluding carboxylic acids is 1. The van der Waals surface area contributed by atoms with Gasteiger partial charge in [-0.25, -0.2) is 14.3 Å². The van der Waals surface area contributed by atoms with Crippen molar-refractivity contribution in [1.29, 1.82) is 0 Å². The van der Waals surface area contributed by atoms with Crippen LogP contribution in [0.3, 0.4) is 0 Å². The minimum atomic E-state index is 0.0528. The summed E-state index contributed by atoms with van der Waals surface area (Å²) in [5, 5.41) is 8.90. The van der Waals surface area contributed by atoms with E-state index in [9.17, 15) is 4.79 Å². The summed E-state index contributed by atoms with van der Waals surface area (Å²) >= 11 is 1.66. The molecular weight excluding hydrogens is 408 g/mol. The van der Waals surface area contributed by atoms with Crippen molar-refractivity contribution in [1.82, 2.24) is 19.5 Å². The van der Waals surface area contributed by atoms with Crippen LogP contribution in [0.1, 0.15) is 44.2 Å². The Hall–Kier alpha value is -2.61. The minimum Gasteiger partial charge on any atom is -0.347 e. The first-order valence-electron chi connectivity index (χ1n) is 11.4. The molecule has 0 saturated carbocycles. The maximum absolute atomic E-state index is 13.1. The number of carbonyl (C=O) groups is 1. The number of imidazole rings is 1. The number of likely N-dealkylation sites (tertiary alicyclic amines) is 1. The van der Waals surface area contributed by atoms with Gasteiger partial charge < -0.3 is 15.1 Å². The summed E-state index contributed by atoms with van der Waals surface area (Å²) in [5.74, 6) is 0.544. The van der Waals surface area contributed by atoms with Crippen molar-refractivity contribution in [2.24, 2.45) is 5.92 Å². The van der Waals surface area contributed by atoms with Crippen LogP contribution in [0.5, 0.6) is 0 Å². The predicted molar refractivity (Wildman–Crippen MR) is 125 cm³/mol. The number of amides is 2. The number of aryl methyl sites for hydroxylation is 1. The summed E-state index contributed by atoms with van der Waals surface area (Å²) in [7, 11) is 0. The Balaban J connectivity index is 1.25. The normalized spacial score (nSPS) is 20.7. The fourth-order valence-electron chi connectivity index (χ4n) is 5.00. The molecule has 0 aliphatic carbocycles. The second-order valence-corrected chi connectivity index (χ2v) is 9.66. The number of rotatable bonds is 3. The molecule has 0 radical (unpaired) electrons. The molecular formula is C23H30N6OS. The van der Waals surface area contributed by atoms with Gasteiger partial charge in [0.1, 0.15) is 0 Å². The Labute approximate surface area is 187 Å². The molecule has 8 heteroatoms. The summed E-state index contributed by atoms with van der Waals surface area (Å²) < 4.78 is 1.89. The molecule has 31 heavy (non-hydrogen) atoms. The number of piperidine rings is 1. The number of para-hydroxylation sites is 1. The van der Waals surface area contributed by atoms with E-state index < -0.39 is 0 Å². The Morgan fingerprint density at radius 2 is 1.87 bits per heavy atom. The van der Waals surface area contributed by atoms with Crippen molar-refractivity contribution < 1.29 is 4.79 Å². The van der Waals surface area contributed by atoms with Gasteiger partial charge in [-0.3, -0.25) is 0 Å². The molecule has 0 bridgehead atoms. The average Bonchev–Trinajstić information content (AvgIpc) is 3.21. The number of aromatic nitrogens is 3. The molecule has 2 saturated heterocycles. The Morgan fingerprint density at radius 1 is 1.06 bits per heavy atom. The second-order valence-electron chi connectivity index (χ2n) is 8.72. The van der Waals surface area contributed by atoms with Crippen LogP contribution in [0.2, 0.25) is 0 Å². The maximum Gasteiger partial charge on any atom is 0.322 e. The van der Waals surface area contributed by atoms with Gasteiger partial charge in [0, 0.05) is 31.4 Å². The third-order valence-electron chi connectivity index (χ3n) is 6.59. The first kappa shape index (κ1) is 20.3. The van der Waals surface area contributed by atoms with E-state index in [1.165, 1.54) is 12.8 Å².